The zero-order chi connectivity index (χ0) is 11.5. The highest BCUT2D eigenvalue weighted by atomic mass is 35.5. The summed E-state index contributed by atoms with van der Waals surface area (Å²) in [6, 6.07) is 12.6. The van der Waals surface area contributed by atoms with Crippen LogP contribution >= 0.6 is 11.6 Å². The number of carboxylic acid groups (broad SMARTS) is 1. The van der Waals surface area contributed by atoms with Crippen molar-refractivity contribution < 1.29 is 9.90 Å². The van der Waals surface area contributed by atoms with Crippen LogP contribution in [0, 0.1) is 0 Å². The SMILES string of the molecule is O=C(O)c1cc(-c2ccccc2)cc(Cl)n1. The number of hydrogen-bond donors (Lipinski definition) is 1. The highest BCUT2D eigenvalue weighted by molar-refractivity contribution is 6.29. The zero-order valence-corrected chi connectivity index (χ0v) is 8.98. The second-order valence-corrected chi connectivity index (χ2v) is 3.62. The van der Waals surface area contributed by atoms with Crippen molar-refractivity contribution in [1.29, 1.82) is 0 Å². The number of aromatic nitrogens is 1. The lowest BCUT2D eigenvalue weighted by Crippen LogP contribution is -2.00. The molecule has 4 heteroatoms. The predicted molar refractivity (Wildman–Crippen MR) is 61.6 cm³/mol. The Morgan fingerprint density at radius 2 is 1.81 bits per heavy atom. The first-order valence-electron chi connectivity index (χ1n) is 4.63. The molecule has 0 unspecified atom stereocenters. The molecule has 0 amide bonds. The topological polar surface area (TPSA) is 50.2 Å². The van der Waals surface area contributed by atoms with Gasteiger partial charge in [0.2, 0.25) is 0 Å². The molecule has 1 heterocycles. The van der Waals surface area contributed by atoms with Gasteiger partial charge in [-0.25, -0.2) is 9.78 Å². The highest BCUT2D eigenvalue weighted by Gasteiger charge is 2.08. The number of carbonyl (C=O) groups is 1. The molecular weight excluding hydrogens is 226 g/mol. The lowest BCUT2D eigenvalue weighted by atomic mass is 10.1. The van der Waals surface area contributed by atoms with Gasteiger partial charge in [0, 0.05) is 0 Å². The van der Waals surface area contributed by atoms with Gasteiger partial charge in [-0.05, 0) is 23.3 Å². The van der Waals surface area contributed by atoms with Crippen LogP contribution in [0.25, 0.3) is 11.1 Å². The molecule has 0 bridgehead atoms. The molecule has 0 atom stereocenters. The Bertz CT molecular complexity index is 526. The van der Waals surface area contributed by atoms with Crippen molar-refractivity contribution in [1.82, 2.24) is 4.98 Å². The number of rotatable bonds is 2. The number of hydrogen-bond acceptors (Lipinski definition) is 2. The Kier molecular flexibility index (Phi) is 2.88. The lowest BCUT2D eigenvalue weighted by Gasteiger charge is -2.03. The Balaban J connectivity index is 2.54. The first-order chi connectivity index (χ1) is 7.66. The quantitative estimate of drug-likeness (QED) is 0.811. The fraction of sp³-hybridized carbons (Fsp3) is 0. The molecule has 3 nitrogen and oxygen atoms in total. The van der Waals surface area contributed by atoms with Crippen molar-refractivity contribution >= 4 is 17.6 Å². The average Bonchev–Trinajstić information content (AvgIpc) is 2.29. The molecule has 0 aliphatic carbocycles. The van der Waals surface area contributed by atoms with Crippen molar-refractivity contribution in [3.8, 4) is 11.1 Å². The maximum Gasteiger partial charge on any atom is 0.354 e. The highest BCUT2D eigenvalue weighted by Crippen LogP contribution is 2.22. The number of halogens is 1. The third kappa shape index (κ3) is 2.20. The number of nitrogens with zero attached hydrogens (tertiary/aromatic N) is 1. The van der Waals surface area contributed by atoms with Crippen LogP contribution in [0.4, 0.5) is 0 Å². The fourth-order valence-corrected chi connectivity index (χ4v) is 1.61. The number of pyridine rings is 1. The van der Waals surface area contributed by atoms with Crippen molar-refractivity contribution in [2.75, 3.05) is 0 Å². The summed E-state index contributed by atoms with van der Waals surface area (Å²) in [5, 5.41) is 9.04. The minimum atomic E-state index is -1.08. The van der Waals surface area contributed by atoms with Crippen LogP contribution in [-0.4, -0.2) is 16.1 Å². The molecule has 0 saturated carbocycles. The second kappa shape index (κ2) is 4.33. The van der Waals surface area contributed by atoms with E-state index in [-0.39, 0.29) is 10.8 Å². The summed E-state index contributed by atoms with van der Waals surface area (Å²) < 4.78 is 0. The van der Waals surface area contributed by atoms with E-state index in [9.17, 15) is 4.79 Å². The molecule has 80 valence electrons. The number of carboxylic acids is 1. The Morgan fingerprint density at radius 3 is 2.44 bits per heavy atom. The first-order valence-corrected chi connectivity index (χ1v) is 5.01. The van der Waals surface area contributed by atoms with E-state index in [0.29, 0.717) is 0 Å². The van der Waals surface area contributed by atoms with E-state index in [4.69, 9.17) is 16.7 Å². The molecule has 0 spiro atoms. The first kappa shape index (κ1) is 10.6. The molecule has 1 N–H and O–H groups in total. The van der Waals surface area contributed by atoms with Gasteiger partial charge in [-0.1, -0.05) is 41.9 Å². The van der Waals surface area contributed by atoms with Crippen molar-refractivity contribution in [3.05, 3.63) is 53.3 Å². The average molecular weight is 234 g/mol. The van der Waals surface area contributed by atoms with Gasteiger partial charge in [0.15, 0.2) is 5.69 Å². The Labute approximate surface area is 97.3 Å². The van der Waals surface area contributed by atoms with Crippen molar-refractivity contribution in [2.45, 2.75) is 0 Å². The summed E-state index contributed by atoms with van der Waals surface area (Å²) in [4.78, 5) is 14.5. The van der Waals surface area contributed by atoms with Gasteiger partial charge in [-0.15, -0.1) is 0 Å². The minimum absolute atomic E-state index is 0.0497. The molecule has 2 aromatic rings. The third-order valence-corrected chi connectivity index (χ3v) is 2.31. The summed E-state index contributed by atoms with van der Waals surface area (Å²) in [5.74, 6) is -1.08. The molecule has 0 aliphatic heterocycles. The molecule has 0 saturated heterocycles. The number of aromatic carboxylic acids is 1. The van der Waals surface area contributed by atoms with E-state index in [1.165, 1.54) is 6.07 Å². The van der Waals surface area contributed by atoms with E-state index in [0.717, 1.165) is 11.1 Å². The normalized spacial score (nSPS) is 10.1. The van der Waals surface area contributed by atoms with E-state index in [1.54, 1.807) is 6.07 Å². The van der Waals surface area contributed by atoms with Crippen LogP contribution < -0.4 is 0 Å². The van der Waals surface area contributed by atoms with Crippen molar-refractivity contribution in [2.24, 2.45) is 0 Å². The molecule has 1 aromatic heterocycles. The van der Waals surface area contributed by atoms with Crippen molar-refractivity contribution in [3.63, 3.8) is 0 Å². The molecule has 0 fully saturated rings. The molecule has 1 aromatic carbocycles. The van der Waals surface area contributed by atoms with E-state index >= 15 is 0 Å². The van der Waals surface area contributed by atoms with Gasteiger partial charge in [-0.3, -0.25) is 0 Å². The fourth-order valence-electron chi connectivity index (χ4n) is 1.40. The van der Waals surface area contributed by atoms with Gasteiger partial charge < -0.3 is 5.11 Å². The van der Waals surface area contributed by atoms with Crippen LogP contribution in [0.15, 0.2) is 42.5 Å². The third-order valence-electron chi connectivity index (χ3n) is 2.12. The predicted octanol–water partition coefficient (Wildman–Crippen LogP) is 3.10. The van der Waals surface area contributed by atoms with Crippen LogP contribution in [0.1, 0.15) is 10.5 Å². The van der Waals surface area contributed by atoms with Crippen LogP contribution in [0.3, 0.4) is 0 Å². The largest absolute Gasteiger partial charge is 0.477 e. The van der Waals surface area contributed by atoms with Gasteiger partial charge in [0.05, 0.1) is 0 Å². The Morgan fingerprint density at radius 1 is 1.12 bits per heavy atom. The van der Waals surface area contributed by atoms with Crippen LogP contribution in [0.5, 0.6) is 0 Å². The molecule has 2 rings (SSSR count). The van der Waals surface area contributed by atoms with Gasteiger partial charge >= 0.3 is 5.97 Å². The maximum atomic E-state index is 10.8. The van der Waals surface area contributed by atoms with E-state index < -0.39 is 5.97 Å². The van der Waals surface area contributed by atoms with E-state index in [1.807, 2.05) is 30.3 Å². The monoisotopic (exact) mass is 233 g/mol. The summed E-state index contributed by atoms with van der Waals surface area (Å²) >= 11 is 5.77. The molecule has 0 radical (unpaired) electrons. The molecule has 0 aliphatic rings. The standard InChI is InChI=1S/C12H8ClNO2/c13-11-7-9(6-10(14-11)12(15)16)8-4-2-1-3-5-8/h1-7H,(H,15,16). The van der Waals surface area contributed by atoms with E-state index in [2.05, 4.69) is 4.98 Å². The van der Waals surface area contributed by atoms with Crippen LogP contribution in [0.2, 0.25) is 5.15 Å². The summed E-state index contributed by atoms with van der Waals surface area (Å²) in [6.45, 7) is 0. The maximum absolute atomic E-state index is 10.8. The lowest BCUT2D eigenvalue weighted by molar-refractivity contribution is 0.0690. The summed E-state index contributed by atoms with van der Waals surface area (Å²) in [6.07, 6.45) is 0. The second-order valence-electron chi connectivity index (χ2n) is 3.23. The molecule has 16 heavy (non-hydrogen) atoms. The zero-order valence-electron chi connectivity index (χ0n) is 8.22. The van der Waals surface area contributed by atoms with Gasteiger partial charge in [0.1, 0.15) is 5.15 Å². The summed E-state index contributed by atoms with van der Waals surface area (Å²) in [5.41, 5.74) is 1.61. The molecular formula is C12H8ClNO2. The summed E-state index contributed by atoms with van der Waals surface area (Å²) in [7, 11) is 0. The van der Waals surface area contributed by atoms with Gasteiger partial charge in [-0.2, -0.15) is 0 Å². The number of benzene rings is 1. The minimum Gasteiger partial charge on any atom is -0.477 e. The smallest absolute Gasteiger partial charge is 0.354 e. The van der Waals surface area contributed by atoms with Gasteiger partial charge in [0.25, 0.3) is 0 Å². The Hall–Kier alpha value is -1.87. The van der Waals surface area contributed by atoms with Crippen LogP contribution in [-0.2, 0) is 0 Å².